The zero-order valence-electron chi connectivity index (χ0n) is 22.3. The lowest BCUT2D eigenvalue weighted by molar-refractivity contribution is 0.0735. The predicted octanol–water partition coefficient (Wildman–Crippen LogP) is 5.35. The summed E-state index contributed by atoms with van der Waals surface area (Å²) in [6.07, 6.45) is 5.72. The number of nitrogens with zero attached hydrogens (tertiary/aromatic N) is 6. The Morgan fingerprint density at radius 3 is 2.62 bits per heavy atom. The quantitative estimate of drug-likeness (QED) is 0.287. The summed E-state index contributed by atoms with van der Waals surface area (Å²) in [5.74, 6) is 0.425. The highest BCUT2D eigenvalue weighted by Gasteiger charge is 2.34. The summed E-state index contributed by atoms with van der Waals surface area (Å²) in [7, 11) is 0. The Hall–Kier alpha value is -4.28. The summed E-state index contributed by atoms with van der Waals surface area (Å²) in [5, 5.41) is 11.6. The molecule has 1 aliphatic rings. The molecule has 5 aromatic rings. The molecule has 5 heterocycles. The SMILES string of the molecule is Cc1csc([C@H]2CCCN2C(=O)c2cc(-c3ccncc3)nc(-c3nnc([C@](C)(N)Cc4ccccc4)o3)c2)n1. The summed E-state index contributed by atoms with van der Waals surface area (Å²) >= 11 is 1.60. The number of aromatic nitrogens is 5. The van der Waals surface area contributed by atoms with Gasteiger partial charge in [-0.2, -0.15) is 0 Å². The molecule has 2 N–H and O–H groups in total. The van der Waals surface area contributed by atoms with Gasteiger partial charge < -0.3 is 15.1 Å². The molecule has 0 bridgehead atoms. The van der Waals surface area contributed by atoms with Crippen LogP contribution in [0.25, 0.3) is 22.8 Å². The fourth-order valence-corrected chi connectivity index (χ4v) is 5.99. The van der Waals surface area contributed by atoms with Gasteiger partial charge in [-0.3, -0.25) is 9.78 Å². The Kier molecular flexibility index (Phi) is 6.95. The average Bonchev–Trinajstić information content (AvgIpc) is 3.74. The second-order valence-corrected chi connectivity index (χ2v) is 11.2. The maximum atomic E-state index is 13.9. The van der Waals surface area contributed by atoms with Gasteiger partial charge in [0.05, 0.1) is 17.3 Å². The number of benzene rings is 1. The van der Waals surface area contributed by atoms with Crippen LogP contribution in [-0.4, -0.2) is 42.5 Å². The molecule has 40 heavy (non-hydrogen) atoms. The van der Waals surface area contributed by atoms with Gasteiger partial charge in [0.15, 0.2) is 0 Å². The third kappa shape index (κ3) is 5.28. The maximum absolute atomic E-state index is 13.9. The molecule has 0 spiro atoms. The van der Waals surface area contributed by atoms with Gasteiger partial charge in [0.2, 0.25) is 5.89 Å². The van der Waals surface area contributed by atoms with Gasteiger partial charge in [-0.1, -0.05) is 30.3 Å². The number of rotatable bonds is 7. The number of amides is 1. The number of nitrogens with two attached hydrogens (primary N) is 1. The summed E-state index contributed by atoms with van der Waals surface area (Å²) in [6, 6.07) is 17.1. The van der Waals surface area contributed by atoms with Crippen molar-refractivity contribution in [2.24, 2.45) is 5.73 Å². The van der Waals surface area contributed by atoms with Crippen molar-refractivity contribution < 1.29 is 9.21 Å². The van der Waals surface area contributed by atoms with E-state index in [9.17, 15) is 4.79 Å². The van der Waals surface area contributed by atoms with Crippen molar-refractivity contribution in [1.82, 2.24) is 30.0 Å². The van der Waals surface area contributed by atoms with Crippen LogP contribution >= 0.6 is 11.3 Å². The first kappa shape index (κ1) is 26.0. The van der Waals surface area contributed by atoms with E-state index in [2.05, 4.69) is 20.2 Å². The van der Waals surface area contributed by atoms with E-state index in [1.54, 1.807) is 29.8 Å². The molecule has 202 valence electrons. The largest absolute Gasteiger partial charge is 0.417 e. The number of carbonyl (C=O) groups is 1. The van der Waals surface area contributed by atoms with Crippen molar-refractivity contribution in [1.29, 1.82) is 0 Å². The van der Waals surface area contributed by atoms with E-state index < -0.39 is 5.54 Å². The van der Waals surface area contributed by atoms with Crippen LogP contribution in [0.5, 0.6) is 0 Å². The number of thiazole rings is 1. The molecule has 4 aromatic heterocycles. The topological polar surface area (TPSA) is 124 Å². The molecule has 9 nitrogen and oxygen atoms in total. The fourth-order valence-electron chi connectivity index (χ4n) is 5.04. The molecule has 2 atom stereocenters. The normalized spacial score (nSPS) is 16.7. The third-order valence-electron chi connectivity index (χ3n) is 7.03. The first-order valence-electron chi connectivity index (χ1n) is 13.2. The molecule has 0 radical (unpaired) electrons. The summed E-state index contributed by atoms with van der Waals surface area (Å²) in [4.78, 5) is 29.4. The van der Waals surface area contributed by atoms with Gasteiger partial charge in [-0.25, -0.2) is 9.97 Å². The Morgan fingerprint density at radius 2 is 1.88 bits per heavy atom. The molecule has 1 amide bonds. The zero-order valence-corrected chi connectivity index (χ0v) is 23.1. The zero-order chi connectivity index (χ0) is 27.7. The Labute approximate surface area is 236 Å². The summed E-state index contributed by atoms with van der Waals surface area (Å²) in [5.41, 5.74) is 10.1. The minimum Gasteiger partial charge on any atom is -0.417 e. The maximum Gasteiger partial charge on any atom is 0.266 e. The summed E-state index contributed by atoms with van der Waals surface area (Å²) in [6.45, 7) is 4.50. The van der Waals surface area contributed by atoms with E-state index in [4.69, 9.17) is 15.1 Å². The van der Waals surface area contributed by atoms with Crippen molar-refractivity contribution in [2.45, 2.75) is 44.7 Å². The van der Waals surface area contributed by atoms with Crippen LogP contribution in [0.4, 0.5) is 0 Å². The predicted molar refractivity (Wildman–Crippen MR) is 152 cm³/mol. The lowest BCUT2D eigenvalue weighted by Gasteiger charge is -2.23. The highest BCUT2D eigenvalue weighted by atomic mass is 32.1. The fraction of sp³-hybridized carbons (Fsp3) is 0.267. The van der Waals surface area contributed by atoms with Gasteiger partial charge in [-0.05, 0) is 62.9 Å². The van der Waals surface area contributed by atoms with E-state index in [-0.39, 0.29) is 17.8 Å². The molecular formula is C30H29N7O2S. The molecule has 6 rings (SSSR count). The monoisotopic (exact) mass is 551 g/mol. The van der Waals surface area contributed by atoms with E-state index >= 15 is 0 Å². The van der Waals surface area contributed by atoms with Gasteiger partial charge in [0, 0.05) is 41.1 Å². The second kappa shape index (κ2) is 10.7. The van der Waals surface area contributed by atoms with Crippen molar-refractivity contribution in [3.05, 3.63) is 100 Å². The van der Waals surface area contributed by atoms with Crippen molar-refractivity contribution in [3.63, 3.8) is 0 Å². The van der Waals surface area contributed by atoms with E-state index in [0.717, 1.165) is 34.7 Å². The van der Waals surface area contributed by atoms with Gasteiger partial charge in [0.1, 0.15) is 10.7 Å². The highest BCUT2D eigenvalue weighted by molar-refractivity contribution is 7.09. The molecule has 0 aliphatic carbocycles. The Balaban J connectivity index is 1.36. The van der Waals surface area contributed by atoms with Crippen LogP contribution in [0.2, 0.25) is 0 Å². The number of aryl methyl sites for hydroxylation is 1. The average molecular weight is 552 g/mol. The van der Waals surface area contributed by atoms with Crippen molar-refractivity contribution in [2.75, 3.05) is 6.54 Å². The molecule has 1 saturated heterocycles. The number of hydrogen-bond donors (Lipinski definition) is 1. The highest BCUT2D eigenvalue weighted by Crippen LogP contribution is 2.36. The lowest BCUT2D eigenvalue weighted by Crippen LogP contribution is -2.35. The van der Waals surface area contributed by atoms with Gasteiger partial charge in [0.25, 0.3) is 11.8 Å². The van der Waals surface area contributed by atoms with Gasteiger partial charge >= 0.3 is 0 Å². The van der Waals surface area contributed by atoms with Crippen molar-refractivity contribution in [3.8, 4) is 22.8 Å². The molecule has 0 saturated carbocycles. The minimum atomic E-state index is -0.886. The Bertz CT molecular complexity index is 1630. The number of carbonyl (C=O) groups excluding carboxylic acids is 1. The second-order valence-electron chi connectivity index (χ2n) is 10.3. The molecule has 1 fully saturated rings. The third-order valence-corrected chi connectivity index (χ3v) is 8.09. The smallest absolute Gasteiger partial charge is 0.266 e. The molecule has 1 aromatic carbocycles. The number of pyridine rings is 2. The number of likely N-dealkylation sites (tertiary alicyclic amines) is 1. The van der Waals surface area contributed by atoms with Crippen LogP contribution in [0.15, 0.2) is 76.8 Å². The van der Waals surface area contributed by atoms with Crippen LogP contribution in [-0.2, 0) is 12.0 Å². The van der Waals surface area contributed by atoms with Crippen LogP contribution < -0.4 is 5.73 Å². The molecular weight excluding hydrogens is 522 g/mol. The first-order chi connectivity index (χ1) is 19.4. The Morgan fingerprint density at radius 1 is 1.10 bits per heavy atom. The standard InChI is InChI=1S/C30H29N7O2S/c1-19-18-40-27(33-19)25-9-6-14-37(25)28(38)22-15-23(21-10-12-32-13-11-21)34-24(16-22)26-35-36-29(39-26)30(2,31)17-20-7-4-3-5-8-20/h3-5,7-8,10-13,15-16,18,25H,6,9,14,17,31H2,1-2H3/t25-,30-/m1/s1. The van der Waals surface area contributed by atoms with E-state index in [1.807, 2.05) is 72.7 Å². The lowest BCUT2D eigenvalue weighted by atomic mass is 9.94. The number of hydrogen-bond acceptors (Lipinski definition) is 9. The molecule has 1 aliphatic heterocycles. The summed E-state index contributed by atoms with van der Waals surface area (Å²) < 4.78 is 6.10. The van der Waals surface area contributed by atoms with Gasteiger partial charge in [-0.15, -0.1) is 21.5 Å². The van der Waals surface area contributed by atoms with Crippen LogP contribution in [0.1, 0.15) is 58.3 Å². The molecule has 10 heteroatoms. The van der Waals surface area contributed by atoms with Crippen LogP contribution in [0, 0.1) is 6.92 Å². The molecule has 0 unspecified atom stereocenters. The van der Waals surface area contributed by atoms with Crippen molar-refractivity contribution >= 4 is 17.2 Å². The first-order valence-corrected chi connectivity index (χ1v) is 14.1. The van der Waals surface area contributed by atoms with E-state index in [1.165, 1.54) is 0 Å². The minimum absolute atomic E-state index is 0.0434. The van der Waals surface area contributed by atoms with Crippen LogP contribution in [0.3, 0.4) is 0 Å². The van der Waals surface area contributed by atoms with E-state index in [0.29, 0.717) is 35.8 Å².